The van der Waals surface area contributed by atoms with Gasteiger partial charge in [0.2, 0.25) is 0 Å². The fourth-order valence-electron chi connectivity index (χ4n) is 3.15. The first kappa shape index (κ1) is 12.2. The Morgan fingerprint density at radius 2 is 2.11 bits per heavy atom. The van der Waals surface area contributed by atoms with Crippen LogP contribution in [0.1, 0.15) is 30.0 Å². The van der Waals surface area contributed by atoms with Gasteiger partial charge in [0.05, 0.1) is 6.61 Å². The van der Waals surface area contributed by atoms with Crippen LogP contribution < -0.4 is 5.73 Å². The van der Waals surface area contributed by atoms with E-state index in [-0.39, 0.29) is 6.04 Å². The van der Waals surface area contributed by atoms with Gasteiger partial charge in [-0.25, -0.2) is 0 Å². The van der Waals surface area contributed by atoms with Crippen LogP contribution in [-0.2, 0) is 11.2 Å². The molecular formula is C15H22N2O. The number of methoxy groups -OCH3 is 1. The molecule has 0 radical (unpaired) electrons. The zero-order valence-corrected chi connectivity index (χ0v) is 11.0. The largest absolute Gasteiger partial charge is 0.383 e. The van der Waals surface area contributed by atoms with Crippen molar-refractivity contribution in [3.05, 3.63) is 35.4 Å². The molecule has 0 aromatic heterocycles. The van der Waals surface area contributed by atoms with Gasteiger partial charge in [-0.2, -0.15) is 0 Å². The first-order valence-electron chi connectivity index (χ1n) is 6.89. The average Bonchev–Trinajstić information content (AvgIpc) is 3.17. The first-order valence-corrected chi connectivity index (χ1v) is 6.89. The van der Waals surface area contributed by atoms with Gasteiger partial charge in [0.1, 0.15) is 0 Å². The Balaban J connectivity index is 1.76. The van der Waals surface area contributed by atoms with E-state index >= 15 is 0 Å². The summed E-state index contributed by atoms with van der Waals surface area (Å²) in [6.45, 7) is 1.81. The third-order valence-corrected chi connectivity index (χ3v) is 4.25. The third-order valence-electron chi connectivity index (χ3n) is 4.25. The summed E-state index contributed by atoms with van der Waals surface area (Å²) < 4.78 is 5.24. The maximum Gasteiger partial charge on any atom is 0.0589 e. The SMILES string of the molecule is COCCN(C1CC1)C1Cc2ccccc2C1N. The Morgan fingerprint density at radius 3 is 2.78 bits per heavy atom. The molecule has 1 saturated carbocycles. The molecule has 0 spiro atoms. The van der Waals surface area contributed by atoms with E-state index in [0.29, 0.717) is 6.04 Å². The van der Waals surface area contributed by atoms with Crippen LogP contribution in [0.5, 0.6) is 0 Å². The average molecular weight is 246 g/mol. The number of nitrogens with two attached hydrogens (primary N) is 1. The van der Waals surface area contributed by atoms with Crippen LogP contribution in [0.3, 0.4) is 0 Å². The van der Waals surface area contributed by atoms with Crippen molar-refractivity contribution >= 4 is 0 Å². The number of fused-ring (bicyclic) bond motifs is 1. The van der Waals surface area contributed by atoms with E-state index < -0.39 is 0 Å². The lowest BCUT2D eigenvalue weighted by Crippen LogP contribution is -2.44. The highest BCUT2D eigenvalue weighted by molar-refractivity contribution is 5.37. The quantitative estimate of drug-likeness (QED) is 0.860. The van der Waals surface area contributed by atoms with Crippen LogP contribution in [0, 0.1) is 0 Å². The normalized spacial score (nSPS) is 26.6. The van der Waals surface area contributed by atoms with Gasteiger partial charge < -0.3 is 10.5 Å². The predicted molar refractivity (Wildman–Crippen MR) is 72.5 cm³/mol. The molecule has 3 heteroatoms. The molecule has 3 rings (SSSR count). The Hall–Kier alpha value is -0.900. The van der Waals surface area contributed by atoms with Crippen molar-refractivity contribution in [1.29, 1.82) is 0 Å². The summed E-state index contributed by atoms with van der Waals surface area (Å²) in [6.07, 6.45) is 3.74. The second-order valence-corrected chi connectivity index (χ2v) is 5.46. The van der Waals surface area contributed by atoms with E-state index in [0.717, 1.165) is 25.6 Å². The van der Waals surface area contributed by atoms with Crippen molar-refractivity contribution in [2.75, 3.05) is 20.3 Å². The van der Waals surface area contributed by atoms with Crippen molar-refractivity contribution in [2.45, 2.75) is 37.4 Å². The molecule has 0 amide bonds. The highest BCUT2D eigenvalue weighted by Crippen LogP contribution is 2.38. The number of hydrogen-bond donors (Lipinski definition) is 1. The molecule has 2 aliphatic carbocycles. The minimum Gasteiger partial charge on any atom is -0.383 e. The molecule has 0 saturated heterocycles. The Kier molecular flexibility index (Phi) is 3.37. The standard InChI is InChI=1S/C15H22N2O/c1-18-9-8-17(12-6-7-12)14-10-11-4-2-3-5-13(11)15(14)16/h2-5,12,14-15H,6-10,16H2,1H3. The fraction of sp³-hybridized carbons (Fsp3) is 0.600. The van der Waals surface area contributed by atoms with Gasteiger partial charge in [0, 0.05) is 31.8 Å². The lowest BCUT2D eigenvalue weighted by Gasteiger charge is -2.31. The third kappa shape index (κ3) is 2.18. The molecular weight excluding hydrogens is 224 g/mol. The van der Waals surface area contributed by atoms with Crippen LogP contribution in [0.25, 0.3) is 0 Å². The Bertz CT molecular complexity index is 417. The molecule has 2 unspecified atom stereocenters. The van der Waals surface area contributed by atoms with Crippen LogP contribution in [0.2, 0.25) is 0 Å². The minimum atomic E-state index is 0.165. The molecule has 0 aliphatic heterocycles. The van der Waals surface area contributed by atoms with E-state index in [1.165, 1.54) is 24.0 Å². The minimum absolute atomic E-state index is 0.165. The number of rotatable bonds is 5. The lowest BCUT2D eigenvalue weighted by molar-refractivity contribution is 0.107. The molecule has 2 atom stereocenters. The van der Waals surface area contributed by atoms with Crippen LogP contribution in [0.4, 0.5) is 0 Å². The summed E-state index contributed by atoms with van der Waals surface area (Å²) in [7, 11) is 1.77. The predicted octanol–water partition coefficient (Wildman–Crippen LogP) is 1.72. The zero-order chi connectivity index (χ0) is 12.5. The molecule has 3 nitrogen and oxygen atoms in total. The van der Waals surface area contributed by atoms with Gasteiger partial charge in [-0.15, -0.1) is 0 Å². The van der Waals surface area contributed by atoms with Gasteiger partial charge in [0.15, 0.2) is 0 Å². The maximum absolute atomic E-state index is 6.45. The van der Waals surface area contributed by atoms with E-state index in [2.05, 4.69) is 29.2 Å². The van der Waals surface area contributed by atoms with E-state index in [9.17, 15) is 0 Å². The summed E-state index contributed by atoms with van der Waals surface area (Å²) in [6, 6.07) is 9.98. The molecule has 1 aromatic carbocycles. The van der Waals surface area contributed by atoms with Gasteiger partial charge in [0.25, 0.3) is 0 Å². The number of ether oxygens (including phenoxy) is 1. The van der Waals surface area contributed by atoms with Crippen LogP contribution in [-0.4, -0.2) is 37.2 Å². The smallest absolute Gasteiger partial charge is 0.0589 e. The molecule has 1 fully saturated rings. The summed E-state index contributed by atoms with van der Waals surface area (Å²) >= 11 is 0. The summed E-state index contributed by atoms with van der Waals surface area (Å²) in [5.41, 5.74) is 9.21. The zero-order valence-electron chi connectivity index (χ0n) is 11.0. The van der Waals surface area contributed by atoms with Crippen molar-refractivity contribution < 1.29 is 4.74 Å². The van der Waals surface area contributed by atoms with Crippen molar-refractivity contribution in [3.8, 4) is 0 Å². The first-order chi connectivity index (χ1) is 8.81. The molecule has 2 aliphatic rings. The number of hydrogen-bond acceptors (Lipinski definition) is 3. The maximum atomic E-state index is 6.45. The number of benzene rings is 1. The van der Waals surface area contributed by atoms with Crippen LogP contribution >= 0.6 is 0 Å². The highest BCUT2D eigenvalue weighted by atomic mass is 16.5. The van der Waals surface area contributed by atoms with Crippen molar-refractivity contribution in [1.82, 2.24) is 4.90 Å². The summed E-state index contributed by atoms with van der Waals surface area (Å²) in [5, 5.41) is 0. The van der Waals surface area contributed by atoms with Gasteiger partial charge in [-0.05, 0) is 30.4 Å². The second-order valence-electron chi connectivity index (χ2n) is 5.46. The highest BCUT2D eigenvalue weighted by Gasteiger charge is 2.40. The molecule has 0 bridgehead atoms. The van der Waals surface area contributed by atoms with E-state index in [4.69, 9.17) is 10.5 Å². The molecule has 2 N–H and O–H groups in total. The summed E-state index contributed by atoms with van der Waals surface area (Å²) in [5.74, 6) is 0. The topological polar surface area (TPSA) is 38.5 Å². The molecule has 1 aromatic rings. The molecule has 0 heterocycles. The van der Waals surface area contributed by atoms with Gasteiger partial charge in [-0.3, -0.25) is 4.90 Å². The van der Waals surface area contributed by atoms with Gasteiger partial charge in [-0.1, -0.05) is 24.3 Å². The fourth-order valence-corrected chi connectivity index (χ4v) is 3.15. The lowest BCUT2D eigenvalue weighted by atomic mass is 10.1. The van der Waals surface area contributed by atoms with Gasteiger partial charge >= 0.3 is 0 Å². The van der Waals surface area contributed by atoms with E-state index in [1.807, 2.05) is 0 Å². The van der Waals surface area contributed by atoms with Crippen molar-refractivity contribution in [2.24, 2.45) is 5.73 Å². The second kappa shape index (κ2) is 5.00. The molecule has 18 heavy (non-hydrogen) atoms. The van der Waals surface area contributed by atoms with E-state index in [1.54, 1.807) is 7.11 Å². The summed E-state index contributed by atoms with van der Waals surface area (Å²) in [4.78, 5) is 2.58. The Labute approximate surface area is 109 Å². The Morgan fingerprint density at radius 1 is 1.33 bits per heavy atom. The van der Waals surface area contributed by atoms with Crippen LogP contribution in [0.15, 0.2) is 24.3 Å². The van der Waals surface area contributed by atoms with Crippen molar-refractivity contribution in [3.63, 3.8) is 0 Å². The number of nitrogens with zero attached hydrogens (tertiary/aromatic N) is 1. The monoisotopic (exact) mass is 246 g/mol. The molecule has 98 valence electrons.